The normalized spacial score (nSPS) is 19.2. The van der Waals surface area contributed by atoms with Gasteiger partial charge in [0.1, 0.15) is 29.1 Å². The van der Waals surface area contributed by atoms with Gasteiger partial charge in [-0.1, -0.05) is 24.2 Å². The number of benzene rings is 1. The van der Waals surface area contributed by atoms with E-state index in [1.54, 1.807) is 41.9 Å². The molecule has 1 fully saturated rings. The summed E-state index contributed by atoms with van der Waals surface area (Å²) in [6, 6.07) is 13.1. The summed E-state index contributed by atoms with van der Waals surface area (Å²) in [5.41, 5.74) is 3.02. The van der Waals surface area contributed by atoms with Gasteiger partial charge in [-0.15, -0.1) is 0 Å². The number of aromatic nitrogens is 4. The van der Waals surface area contributed by atoms with Crippen LogP contribution in [0.4, 0.5) is 10.1 Å². The van der Waals surface area contributed by atoms with Crippen LogP contribution in [-0.2, 0) is 13.5 Å². The van der Waals surface area contributed by atoms with Gasteiger partial charge in [0.25, 0.3) is 5.56 Å². The number of anilines is 1. The van der Waals surface area contributed by atoms with Gasteiger partial charge in [0, 0.05) is 44.7 Å². The van der Waals surface area contributed by atoms with Gasteiger partial charge in [-0.3, -0.25) is 9.69 Å². The number of pyridine rings is 2. The largest absolute Gasteiger partial charge is 0.364 e. The van der Waals surface area contributed by atoms with Crippen LogP contribution in [-0.4, -0.2) is 49.8 Å². The fourth-order valence-corrected chi connectivity index (χ4v) is 5.08. The Labute approximate surface area is 213 Å². The molecule has 0 amide bonds. The molecule has 0 bridgehead atoms. The molecule has 190 valence electrons. The minimum absolute atomic E-state index is 0.00138. The molecule has 2 unspecified atom stereocenters. The third kappa shape index (κ3) is 4.47. The minimum Gasteiger partial charge on any atom is -0.364 e. The van der Waals surface area contributed by atoms with Gasteiger partial charge >= 0.3 is 0 Å². The second-order valence-electron chi connectivity index (χ2n) is 9.51. The maximum Gasteiger partial charge on any atom is 0.252 e. The number of fused-ring (bicyclic) bond motifs is 1. The molecule has 37 heavy (non-hydrogen) atoms. The molecule has 0 radical (unpaired) electrons. The van der Waals surface area contributed by atoms with Crippen LogP contribution in [0.2, 0.25) is 0 Å². The quantitative estimate of drug-likeness (QED) is 0.409. The predicted octanol–water partition coefficient (Wildman–Crippen LogP) is 3.58. The molecular weight excluding hydrogens is 473 g/mol. The van der Waals surface area contributed by atoms with Crippen molar-refractivity contribution < 1.29 is 8.91 Å². The second-order valence-corrected chi connectivity index (χ2v) is 9.51. The highest BCUT2D eigenvalue weighted by atomic mass is 19.1. The lowest BCUT2D eigenvalue weighted by atomic mass is 9.98. The van der Waals surface area contributed by atoms with Gasteiger partial charge in [-0.25, -0.2) is 9.37 Å². The van der Waals surface area contributed by atoms with E-state index in [0.717, 1.165) is 5.56 Å². The molecule has 5 rings (SSSR count). The van der Waals surface area contributed by atoms with Crippen molar-refractivity contribution in [1.82, 2.24) is 24.6 Å². The van der Waals surface area contributed by atoms with E-state index >= 15 is 0 Å². The van der Waals surface area contributed by atoms with Gasteiger partial charge in [-0.05, 0) is 43.7 Å². The first-order valence-corrected chi connectivity index (χ1v) is 12.3. The average Bonchev–Trinajstić information content (AvgIpc) is 3.38. The smallest absolute Gasteiger partial charge is 0.252 e. The molecule has 1 aliphatic rings. The topological polar surface area (TPSA) is 104 Å². The number of aryl methyl sites for hydroxylation is 2. The predicted molar refractivity (Wildman–Crippen MR) is 137 cm³/mol. The van der Waals surface area contributed by atoms with E-state index in [1.807, 2.05) is 6.92 Å². The molecule has 0 saturated carbocycles. The highest BCUT2D eigenvalue weighted by molar-refractivity contribution is 5.89. The molecule has 1 saturated heterocycles. The molecule has 4 heterocycles. The Bertz CT molecular complexity index is 1540. The Morgan fingerprint density at radius 2 is 1.89 bits per heavy atom. The van der Waals surface area contributed by atoms with Crippen LogP contribution < -0.4 is 10.5 Å². The summed E-state index contributed by atoms with van der Waals surface area (Å²) in [4.78, 5) is 26.4. The van der Waals surface area contributed by atoms with Gasteiger partial charge in [0.2, 0.25) is 5.89 Å². The van der Waals surface area contributed by atoms with Crippen molar-refractivity contribution >= 4 is 16.7 Å². The van der Waals surface area contributed by atoms with Gasteiger partial charge in [0.05, 0.1) is 11.2 Å². The molecule has 4 aromatic rings. The summed E-state index contributed by atoms with van der Waals surface area (Å²) in [5.74, 6) is 0.776. The Morgan fingerprint density at radius 1 is 1.14 bits per heavy atom. The number of piperazine rings is 1. The van der Waals surface area contributed by atoms with E-state index in [0.29, 0.717) is 53.6 Å². The van der Waals surface area contributed by atoms with Crippen LogP contribution in [0.25, 0.3) is 11.0 Å². The molecule has 0 N–H and O–H groups in total. The molecule has 1 aromatic carbocycles. The number of halogens is 1. The Kier molecular flexibility index (Phi) is 6.48. The number of hydrogen-bond acceptors (Lipinski definition) is 8. The molecule has 9 nitrogen and oxygen atoms in total. The molecule has 0 aliphatic carbocycles. The third-order valence-electron chi connectivity index (χ3n) is 7.08. The molecule has 10 heteroatoms. The maximum atomic E-state index is 13.7. The van der Waals surface area contributed by atoms with Crippen molar-refractivity contribution in [3.8, 4) is 6.07 Å². The van der Waals surface area contributed by atoms with E-state index in [-0.39, 0.29) is 29.5 Å². The Morgan fingerprint density at radius 3 is 2.57 bits per heavy atom. The minimum atomic E-state index is -0.350. The second kappa shape index (κ2) is 9.75. The lowest BCUT2D eigenvalue weighted by Gasteiger charge is -2.47. The van der Waals surface area contributed by atoms with E-state index in [4.69, 9.17) is 4.52 Å². The van der Waals surface area contributed by atoms with Crippen molar-refractivity contribution in [2.45, 2.75) is 45.3 Å². The van der Waals surface area contributed by atoms with E-state index in [2.05, 4.69) is 44.8 Å². The monoisotopic (exact) mass is 501 g/mol. The SMILES string of the molecule is CCc1noc(C(c2ccc(F)cc2)N2C[C@H](C)N(c3cc(=O)n(C)c4ccc(C#N)nc34)CC2C)n1. The maximum absolute atomic E-state index is 13.7. The van der Waals surface area contributed by atoms with Crippen molar-refractivity contribution in [1.29, 1.82) is 5.26 Å². The first kappa shape index (κ1) is 24.6. The van der Waals surface area contributed by atoms with Crippen LogP contribution in [0.3, 0.4) is 0 Å². The molecule has 3 atom stereocenters. The first-order valence-electron chi connectivity index (χ1n) is 12.3. The lowest BCUT2D eigenvalue weighted by Crippen LogP contribution is -2.57. The molecule has 0 spiro atoms. The van der Waals surface area contributed by atoms with Crippen LogP contribution >= 0.6 is 0 Å². The number of nitriles is 1. The Hall–Kier alpha value is -4.10. The van der Waals surface area contributed by atoms with Crippen molar-refractivity contribution in [3.63, 3.8) is 0 Å². The van der Waals surface area contributed by atoms with E-state index < -0.39 is 0 Å². The van der Waals surface area contributed by atoms with Crippen LogP contribution in [0.15, 0.2) is 51.8 Å². The zero-order valence-corrected chi connectivity index (χ0v) is 21.2. The van der Waals surface area contributed by atoms with Gasteiger partial charge in [0.15, 0.2) is 5.82 Å². The summed E-state index contributed by atoms with van der Waals surface area (Å²) in [6.07, 6.45) is 0.646. The summed E-state index contributed by atoms with van der Waals surface area (Å²) < 4.78 is 21.0. The molecule has 1 aliphatic heterocycles. The standard InChI is InChI=1S/C27H28FN7O2/c1-5-23-31-27(37-32-23)26(18-6-8-19(28)9-7-18)35-15-16(2)34(14-17(35)3)22-12-24(36)33(4)21-11-10-20(13-29)30-25(21)22/h6-12,16-17,26H,5,14-15H2,1-4H3/t16-,17?,26?/m0/s1. The first-order chi connectivity index (χ1) is 17.8. The molecular formula is C27H28FN7O2. The fourth-order valence-electron chi connectivity index (χ4n) is 5.08. The van der Waals surface area contributed by atoms with Gasteiger partial charge < -0.3 is 14.0 Å². The number of rotatable bonds is 5. The summed E-state index contributed by atoms with van der Waals surface area (Å²) in [6.45, 7) is 7.36. The zero-order valence-electron chi connectivity index (χ0n) is 21.2. The van der Waals surface area contributed by atoms with Crippen molar-refractivity contribution in [2.75, 3.05) is 18.0 Å². The van der Waals surface area contributed by atoms with Crippen LogP contribution in [0, 0.1) is 17.1 Å². The Balaban J connectivity index is 1.54. The van der Waals surface area contributed by atoms with E-state index in [1.165, 1.54) is 12.1 Å². The van der Waals surface area contributed by atoms with E-state index in [9.17, 15) is 14.4 Å². The van der Waals surface area contributed by atoms with Crippen molar-refractivity contribution in [2.24, 2.45) is 7.05 Å². The third-order valence-corrected chi connectivity index (χ3v) is 7.08. The lowest BCUT2D eigenvalue weighted by molar-refractivity contribution is 0.110. The molecule has 3 aromatic heterocycles. The van der Waals surface area contributed by atoms with Crippen LogP contribution in [0.1, 0.15) is 49.8 Å². The average molecular weight is 502 g/mol. The van der Waals surface area contributed by atoms with Gasteiger partial charge in [-0.2, -0.15) is 10.2 Å². The summed E-state index contributed by atoms with van der Waals surface area (Å²) in [7, 11) is 1.70. The highest BCUT2D eigenvalue weighted by Gasteiger charge is 2.38. The fraction of sp³-hybridized carbons (Fsp3) is 0.370. The number of hydrogen-bond donors (Lipinski definition) is 0. The summed E-state index contributed by atoms with van der Waals surface area (Å²) >= 11 is 0. The number of nitrogens with zero attached hydrogens (tertiary/aromatic N) is 7. The zero-order chi connectivity index (χ0) is 26.3. The van der Waals surface area contributed by atoms with Crippen LogP contribution in [0.5, 0.6) is 0 Å². The summed E-state index contributed by atoms with van der Waals surface area (Å²) in [5, 5.41) is 13.5. The highest BCUT2D eigenvalue weighted by Crippen LogP contribution is 2.35. The van der Waals surface area contributed by atoms with Crippen molar-refractivity contribution in [3.05, 3.63) is 81.6 Å².